The summed E-state index contributed by atoms with van der Waals surface area (Å²) in [5, 5.41) is 0. The number of sulfonamides is 1. The lowest BCUT2D eigenvalue weighted by atomic mass is 10.2. The van der Waals surface area contributed by atoms with E-state index in [2.05, 4.69) is 9.46 Å². The number of rotatable bonds is 5. The lowest BCUT2D eigenvalue weighted by Crippen LogP contribution is -2.39. The second-order valence-corrected chi connectivity index (χ2v) is 5.67. The van der Waals surface area contributed by atoms with Crippen LogP contribution in [0.4, 0.5) is 5.69 Å². The van der Waals surface area contributed by atoms with E-state index in [9.17, 15) is 18.0 Å². The Hall–Kier alpha value is -2.13. The van der Waals surface area contributed by atoms with Gasteiger partial charge in [0.15, 0.2) is 0 Å². The minimum absolute atomic E-state index is 0.0856. The van der Waals surface area contributed by atoms with Gasteiger partial charge >= 0.3 is 5.97 Å². The average molecular weight is 301 g/mol. The van der Waals surface area contributed by atoms with E-state index in [1.165, 1.54) is 13.0 Å². The average Bonchev–Trinajstić information content (AvgIpc) is 2.36. The SMILES string of the molecule is COC(=O)C(C)NS(=O)(=O)c1ccc(C(N)=O)cc1N. The molecular formula is C11H15N3O5S. The van der Waals surface area contributed by atoms with Gasteiger partial charge in [0.2, 0.25) is 15.9 Å². The summed E-state index contributed by atoms with van der Waals surface area (Å²) in [6.45, 7) is 1.33. The van der Waals surface area contributed by atoms with Crippen LogP contribution in [0.25, 0.3) is 0 Å². The highest BCUT2D eigenvalue weighted by molar-refractivity contribution is 7.89. The number of nitrogens with two attached hydrogens (primary N) is 2. The fraction of sp³-hybridized carbons (Fsp3) is 0.273. The van der Waals surface area contributed by atoms with Crippen molar-refractivity contribution in [3.8, 4) is 0 Å². The summed E-state index contributed by atoms with van der Waals surface area (Å²) in [5.41, 5.74) is 10.6. The number of amides is 1. The Morgan fingerprint density at radius 1 is 1.35 bits per heavy atom. The van der Waals surface area contributed by atoms with Crippen molar-refractivity contribution in [1.82, 2.24) is 4.72 Å². The monoisotopic (exact) mass is 301 g/mol. The van der Waals surface area contributed by atoms with Gasteiger partial charge in [-0.25, -0.2) is 8.42 Å². The van der Waals surface area contributed by atoms with Gasteiger partial charge in [0.05, 0.1) is 12.8 Å². The number of nitrogen functional groups attached to an aromatic ring is 1. The van der Waals surface area contributed by atoms with E-state index < -0.39 is 27.9 Å². The highest BCUT2D eigenvalue weighted by Gasteiger charge is 2.24. The second-order valence-electron chi connectivity index (χ2n) is 3.98. The molecular weight excluding hydrogens is 286 g/mol. The molecule has 1 unspecified atom stereocenters. The summed E-state index contributed by atoms with van der Waals surface area (Å²) >= 11 is 0. The molecule has 1 aromatic rings. The van der Waals surface area contributed by atoms with E-state index in [0.717, 1.165) is 19.2 Å². The summed E-state index contributed by atoms with van der Waals surface area (Å²) in [6, 6.07) is 2.46. The number of hydrogen-bond acceptors (Lipinski definition) is 6. The maximum atomic E-state index is 12.0. The molecule has 0 saturated carbocycles. The van der Waals surface area contributed by atoms with Crippen LogP contribution in [0.3, 0.4) is 0 Å². The number of carbonyl (C=O) groups excluding carboxylic acids is 2. The number of ether oxygens (including phenoxy) is 1. The third-order valence-corrected chi connectivity index (χ3v) is 4.09. The van der Waals surface area contributed by atoms with Crippen LogP contribution >= 0.6 is 0 Å². The molecule has 0 saturated heterocycles. The fourth-order valence-electron chi connectivity index (χ4n) is 1.47. The molecule has 9 heteroatoms. The van der Waals surface area contributed by atoms with Crippen molar-refractivity contribution < 1.29 is 22.7 Å². The molecule has 0 heterocycles. The van der Waals surface area contributed by atoms with Crippen molar-refractivity contribution in [2.75, 3.05) is 12.8 Å². The largest absolute Gasteiger partial charge is 0.468 e. The molecule has 1 aromatic carbocycles. The van der Waals surface area contributed by atoms with Gasteiger partial charge in [-0.2, -0.15) is 4.72 Å². The molecule has 5 N–H and O–H groups in total. The number of benzene rings is 1. The quantitative estimate of drug-likeness (QED) is 0.480. The van der Waals surface area contributed by atoms with E-state index in [4.69, 9.17) is 11.5 Å². The van der Waals surface area contributed by atoms with Crippen LogP contribution in [0.15, 0.2) is 23.1 Å². The molecule has 0 aliphatic heterocycles. The highest BCUT2D eigenvalue weighted by Crippen LogP contribution is 2.19. The molecule has 8 nitrogen and oxygen atoms in total. The molecule has 1 atom stereocenters. The lowest BCUT2D eigenvalue weighted by Gasteiger charge is -2.13. The molecule has 110 valence electrons. The first kappa shape index (κ1) is 15.9. The van der Waals surface area contributed by atoms with Crippen LogP contribution < -0.4 is 16.2 Å². The third kappa shape index (κ3) is 3.45. The van der Waals surface area contributed by atoms with Gasteiger partial charge in [0.25, 0.3) is 0 Å². The molecule has 0 aromatic heterocycles. The zero-order valence-corrected chi connectivity index (χ0v) is 11.7. The van der Waals surface area contributed by atoms with Crippen LogP contribution in [0, 0.1) is 0 Å². The van der Waals surface area contributed by atoms with Gasteiger partial charge in [-0.15, -0.1) is 0 Å². The third-order valence-electron chi connectivity index (χ3n) is 2.47. The number of primary amides is 1. The van der Waals surface area contributed by atoms with E-state index in [-0.39, 0.29) is 16.1 Å². The molecule has 1 amide bonds. The Kier molecular flexibility index (Phi) is 4.69. The molecule has 0 bridgehead atoms. The first-order valence-electron chi connectivity index (χ1n) is 5.48. The smallest absolute Gasteiger partial charge is 0.323 e. The Morgan fingerprint density at radius 2 is 1.95 bits per heavy atom. The fourth-order valence-corrected chi connectivity index (χ4v) is 2.77. The minimum Gasteiger partial charge on any atom is -0.468 e. The van der Waals surface area contributed by atoms with Crippen molar-refractivity contribution in [2.24, 2.45) is 5.73 Å². The summed E-state index contributed by atoms with van der Waals surface area (Å²) < 4.78 is 30.6. The zero-order chi connectivity index (χ0) is 15.5. The number of methoxy groups -OCH3 is 1. The summed E-state index contributed by atoms with van der Waals surface area (Å²) in [6.07, 6.45) is 0. The van der Waals surface area contributed by atoms with Gasteiger partial charge in [0.1, 0.15) is 10.9 Å². The van der Waals surface area contributed by atoms with E-state index >= 15 is 0 Å². The minimum atomic E-state index is -4.02. The second kappa shape index (κ2) is 5.88. The van der Waals surface area contributed by atoms with Gasteiger partial charge in [-0.1, -0.05) is 0 Å². The molecule has 0 radical (unpaired) electrons. The van der Waals surface area contributed by atoms with Gasteiger partial charge in [-0.3, -0.25) is 9.59 Å². The van der Waals surface area contributed by atoms with Crippen molar-refractivity contribution in [3.05, 3.63) is 23.8 Å². The van der Waals surface area contributed by atoms with Crippen molar-refractivity contribution in [1.29, 1.82) is 0 Å². The molecule has 0 aliphatic carbocycles. The summed E-state index contributed by atoms with van der Waals surface area (Å²) in [5.74, 6) is -1.46. The van der Waals surface area contributed by atoms with Gasteiger partial charge in [0, 0.05) is 5.56 Å². The standard InChI is InChI=1S/C11H15N3O5S/c1-6(11(16)19-2)14-20(17,18)9-4-3-7(10(13)15)5-8(9)12/h3-6,14H,12H2,1-2H3,(H2,13,15). The van der Waals surface area contributed by atoms with Crippen LogP contribution in [0.5, 0.6) is 0 Å². The highest BCUT2D eigenvalue weighted by atomic mass is 32.2. The van der Waals surface area contributed by atoms with E-state index in [1.54, 1.807) is 0 Å². The van der Waals surface area contributed by atoms with E-state index in [1.807, 2.05) is 0 Å². The van der Waals surface area contributed by atoms with Crippen LogP contribution in [-0.2, 0) is 19.6 Å². The van der Waals surface area contributed by atoms with Crippen LogP contribution in [0.2, 0.25) is 0 Å². The maximum absolute atomic E-state index is 12.0. The zero-order valence-electron chi connectivity index (χ0n) is 10.9. The Bertz CT molecular complexity index is 641. The number of anilines is 1. The van der Waals surface area contributed by atoms with Gasteiger partial charge < -0.3 is 16.2 Å². The predicted molar refractivity (Wildman–Crippen MR) is 71.2 cm³/mol. The summed E-state index contributed by atoms with van der Waals surface area (Å²) in [7, 11) is -2.87. The first-order valence-corrected chi connectivity index (χ1v) is 6.97. The number of esters is 1. The molecule has 0 fully saturated rings. The Balaban J connectivity index is 3.10. The normalized spacial score (nSPS) is 12.7. The van der Waals surface area contributed by atoms with Gasteiger partial charge in [-0.05, 0) is 25.1 Å². The van der Waals surface area contributed by atoms with E-state index in [0.29, 0.717) is 0 Å². The van der Waals surface area contributed by atoms with Crippen molar-refractivity contribution in [3.63, 3.8) is 0 Å². The Morgan fingerprint density at radius 3 is 2.40 bits per heavy atom. The number of nitrogens with one attached hydrogen (secondary N) is 1. The molecule has 0 spiro atoms. The van der Waals surface area contributed by atoms with Crippen molar-refractivity contribution in [2.45, 2.75) is 17.9 Å². The topological polar surface area (TPSA) is 142 Å². The van der Waals surface area contributed by atoms with Crippen molar-refractivity contribution >= 4 is 27.6 Å². The summed E-state index contributed by atoms with van der Waals surface area (Å²) in [4.78, 5) is 21.9. The van der Waals surface area contributed by atoms with Crippen LogP contribution in [-0.4, -0.2) is 33.4 Å². The molecule has 0 aliphatic rings. The number of hydrogen-bond donors (Lipinski definition) is 3. The number of carbonyl (C=O) groups is 2. The maximum Gasteiger partial charge on any atom is 0.323 e. The predicted octanol–water partition coefficient (Wildman–Crippen LogP) is -0.792. The first-order chi connectivity index (χ1) is 9.19. The lowest BCUT2D eigenvalue weighted by molar-refractivity contribution is -0.142. The molecule has 20 heavy (non-hydrogen) atoms. The molecule has 1 rings (SSSR count). The Labute approximate surface area is 116 Å². The van der Waals surface area contributed by atoms with Crippen LogP contribution in [0.1, 0.15) is 17.3 Å².